The second kappa shape index (κ2) is 11.1. The molecule has 0 aliphatic carbocycles. The number of carbonyl (C=O) groups excluding carboxylic acids is 2. The van der Waals surface area contributed by atoms with Crippen LogP contribution >= 0.6 is 0 Å². The molecule has 0 aliphatic heterocycles. The largest absolute Gasteiger partial charge is 0.395 e. The van der Waals surface area contributed by atoms with Crippen molar-refractivity contribution in [2.45, 2.75) is 33.6 Å². The normalized spacial score (nSPS) is 8.31. The molecule has 0 aromatic carbocycles. The van der Waals surface area contributed by atoms with Gasteiger partial charge < -0.3 is 15.2 Å². The Kier molecular flexibility index (Phi) is 12.5. The van der Waals surface area contributed by atoms with Gasteiger partial charge >= 0.3 is 0 Å². The van der Waals surface area contributed by atoms with Crippen molar-refractivity contribution in [2.75, 3.05) is 13.2 Å². The fourth-order valence-electron chi connectivity index (χ4n) is 0.573. The zero-order valence-corrected chi connectivity index (χ0v) is 8.59. The Bertz CT molecular complexity index is 146. The average molecular weight is 189 g/mol. The molecule has 0 rings (SSSR count). The Morgan fingerprint density at radius 3 is 2.15 bits per heavy atom. The van der Waals surface area contributed by atoms with Gasteiger partial charge in [0.25, 0.3) is 0 Å². The molecule has 1 amide bonds. The van der Waals surface area contributed by atoms with Gasteiger partial charge in [-0.1, -0.05) is 13.8 Å². The zero-order valence-electron chi connectivity index (χ0n) is 8.59. The van der Waals surface area contributed by atoms with E-state index in [1.54, 1.807) is 0 Å². The number of aliphatic hydroxyl groups excluding tert-OH is 1. The number of amides is 1. The van der Waals surface area contributed by atoms with Crippen molar-refractivity contribution >= 4 is 11.7 Å². The molecule has 0 bridgehead atoms. The van der Waals surface area contributed by atoms with Crippen LogP contribution in [0, 0.1) is 0 Å². The maximum atomic E-state index is 10.7. The molecular weight excluding hydrogens is 170 g/mol. The van der Waals surface area contributed by atoms with Crippen molar-refractivity contribution in [3.63, 3.8) is 0 Å². The Morgan fingerprint density at radius 2 is 1.77 bits per heavy atom. The highest BCUT2D eigenvalue weighted by atomic mass is 16.3. The van der Waals surface area contributed by atoms with E-state index < -0.39 is 0 Å². The molecular formula is C9H19NO3. The summed E-state index contributed by atoms with van der Waals surface area (Å²) >= 11 is 0. The summed E-state index contributed by atoms with van der Waals surface area (Å²) in [5.41, 5.74) is 0. The highest BCUT2D eigenvalue weighted by Crippen LogP contribution is 1.88. The summed E-state index contributed by atoms with van der Waals surface area (Å²) in [6.07, 6.45) is 0.493. The lowest BCUT2D eigenvalue weighted by Crippen LogP contribution is -2.26. The predicted octanol–water partition coefficient (Wildman–Crippen LogP) is 0.490. The van der Waals surface area contributed by atoms with Crippen LogP contribution in [0.15, 0.2) is 0 Å². The Morgan fingerprint density at radius 1 is 1.23 bits per heavy atom. The van der Waals surface area contributed by atoms with Gasteiger partial charge in [0.05, 0.1) is 6.61 Å². The van der Waals surface area contributed by atoms with E-state index >= 15 is 0 Å². The summed E-state index contributed by atoms with van der Waals surface area (Å²) in [6.45, 7) is 5.64. The third kappa shape index (κ3) is 14.0. The van der Waals surface area contributed by atoms with E-state index in [0.717, 1.165) is 0 Å². The van der Waals surface area contributed by atoms with Crippen LogP contribution in [-0.4, -0.2) is 29.9 Å². The SMILES string of the molecule is CC.CC(=O)CCC(=O)NCCO. The number of rotatable bonds is 5. The monoisotopic (exact) mass is 189 g/mol. The molecule has 78 valence electrons. The number of carbonyl (C=O) groups is 2. The summed E-state index contributed by atoms with van der Waals surface area (Å²) in [7, 11) is 0. The summed E-state index contributed by atoms with van der Waals surface area (Å²) in [5, 5.41) is 10.8. The number of Topliss-reactive ketones (excluding diaryl/α,β-unsaturated/α-hetero) is 1. The Labute approximate surface area is 79.3 Å². The lowest BCUT2D eigenvalue weighted by Gasteiger charge is -2.00. The first kappa shape index (κ1) is 14.6. The number of aliphatic hydroxyl groups is 1. The third-order valence-corrected chi connectivity index (χ3v) is 1.14. The number of nitrogens with one attached hydrogen (secondary N) is 1. The minimum absolute atomic E-state index is 0.00384. The number of ketones is 1. The molecule has 13 heavy (non-hydrogen) atoms. The highest BCUT2D eigenvalue weighted by Gasteiger charge is 2.01. The summed E-state index contributed by atoms with van der Waals surface area (Å²) in [6, 6.07) is 0. The van der Waals surface area contributed by atoms with Crippen molar-refractivity contribution in [1.29, 1.82) is 0 Å². The number of hydrogen-bond donors (Lipinski definition) is 2. The highest BCUT2D eigenvalue weighted by molar-refractivity contribution is 5.83. The Balaban J connectivity index is 0. The van der Waals surface area contributed by atoms with Crippen molar-refractivity contribution < 1.29 is 14.7 Å². The van der Waals surface area contributed by atoms with Gasteiger partial charge in [-0.3, -0.25) is 4.79 Å². The smallest absolute Gasteiger partial charge is 0.220 e. The lowest BCUT2D eigenvalue weighted by atomic mass is 10.2. The van der Waals surface area contributed by atoms with Gasteiger partial charge in [-0.15, -0.1) is 0 Å². The van der Waals surface area contributed by atoms with E-state index in [0.29, 0.717) is 0 Å². The van der Waals surface area contributed by atoms with Crippen molar-refractivity contribution in [2.24, 2.45) is 0 Å². The molecule has 0 aliphatic rings. The molecule has 4 nitrogen and oxygen atoms in total. The fourth-order valence-corrected chi connectivity index (χ4v) is 0.573. The van der Waals surface area contributed by atoms with Crippen LogP contribution in [0.5, 0.6) is 0 Å². The standard InChI is InChI=1S/C7H13NO3.C2H6/c1-6(10)2-3-7(11)8-4-5-9;1-2/h9H,2-5H2,1H3,(H,8,11);1-2H3. The summed E-state index contributed by atoms with van der Waals surface area (Å²) in [4.78, 5) is 21.1. The molecule has 0 saturated carbocycles. The van der Waals surface area contributed by atoms with Gasteiger partial charge in [0.2, 0.25) is 5.91 Å². The quantitative estimate of drug-likeness (QED) is 0.661. The maximum absolute atomic E-state index is 10.7. The van der Waals surface area contributed by atoms with Gasteiger partial charge in [0.15, 0.2) is 0 Å². The van der Waals surface area contributed by atoms with Gasteiger partial charge in [-0.2, -0.15) is 0 Å². The average Bonchev–Trinajstić information content (AvgIpc) is 2.14. The van der Waals surface area contributed by atoms with E-state index in [1.807, 2.05) is 13.8 Å². The van der Waals surface area contributed by atoms with E-state index in [2.05, 4.69) is 5.32 Å². The molecule has 4 heteroatoms. The van der Waals surface area contributed by atoms with Crippen LogP contribution in [0.25, 0.3) is 0 Å². The zero-order chi connectivity index (χ0) is 10.7. The first-order valence-electron chi connectivity index (χ1n) is 4.54. The first-order chi connectivity index (χ1) is 6.16. The lowest BCUT2D eigenvalue weighted by molar-refractivity contribution is -0.124. The van der Waals surface area contributed by atoms with E-state index in [4.69, 9.17) is 5.11 Å². The predicted molar refractivity (Wildman–Crippen MR) is 51.4 cm³/mol. The van der Waals surface area contributed by atoms with E-state index in [-0.39, 0.29) is 37.7 Å². The van der Waals surface area contributed by atoms with Crippen LogP contribution in [-0.2, 0) is 9.59 Å². The van der Waals surface area contributed by atoms with E-state index in [1.165, 1.54) is 6.92 Å². The molecule has 0 unspecified atom stereocenters. The third-order valence-electron chi connectivity index (χ3n) is 1.14. The van der Waals surface area contributed by atoms with Gasteiger partial charge in [-0.05, 0) is 6.92 Å². The molecule has 0 aromatic heterocycles. The molecule has 0 atom stereocenters. The van der Waals surface area contributed by atoms with Gasteiger partial charge in [0.1, 0.15) is 5.78 Å². The molecule has 0 saturated heterocycles. The molecule has 0 spiro atoms. The van der Waals surface area contributed by atoms with Crippen LogP contribution in [0.3, 0.4) is 0 Å². The van der Waals surface area contributed by atoms with E-state index in [9.17, 15) is 9.59 Å². The summed E-state index contributed by atoms with van der Waals surface area (Å²) in [5.74, 6) is -0.182. The molecule has 0 fully saturated rings. The second-order valence-electron chi connectivity index (χ2n) is 2.28. The molecule has 0 radical (unpaired) electrons. The molecule has 0 aromatic rings. The second-order valence-corrected chi connectivity index (χ2v) is 2.28. The minimum atomic E-state index is -0.186. The topological polar surface area (TPSA) is 66.4 Å². The van der Waals surface area contributed by atoms with Crippen LogP contribution < -0.4 is 5.32 Å². The van der Waals surface area contributed by atoms with Crippen molar-refractivity contribution in [3.8, 4) is 0 Å². The first-order valence-corrected chi connectivity index (χ1v) is 4.54. The van der Waals surface area contributed by atoms with Crippen molar-refractivity contribution in [1.82, 2.24) is 5.32 Å². The Hall–Kier alpha value is -0.900. The minimum Gasteiger partial charge on any atom is -0.395 e. The maximum Gasteiger partial charge on any atom is 0.220 e. The molecule has 2 N–H and O–H groups in total. The van der Waals surface area contributed by atoms with Crippen LogP contribution in [0.1, 0.15) is 33.6 Å². The van der Waals surface area contributed by atoms with Crippen LogP contribution in [0.4, 0.5) is 0 Å². The van der Waals surface area contributed by atoms with Crippen LogP contribution in [0.2, 0.25) is 0 Å². The summed E-state index contributed by atoms with van der Waals surface area (Å²) < 4.78 is 0. The van der Waals surface area contributed by atoms with Gasteiger partial charge in [0, 0.05) is 19.4 Å². The molecule has 0 heterocycles. The fraction of sp³-hybridized carbons (Fsp3) is 0.778. The van der Waals surface area contributed by atoms with Gasteiger partial charge in [-0.25, -0.2) is 0 Å². The number of hydrogen-bond acceptors (Lipinski definition) is 3. The van der Waals surface area contributed by atoms with Crippen molar-refractivity contribution in [3.05, 3.63) is 0 Å².